The molecular weight excluding hydrogens is 874 g/mol. The number of nitrogens with one attached hydrogen (secondary N) is 2. The van der Waals surface area contributed by atoms with Crippen LogP contribution < -0.4 is 11.1 Å². The fraction of sp³-hybridized carbons (Fsp3) is 0.0588. The van der Waals surface area contributed by atoms with Gasteiger partial charge in [0.05, 0.1) is 67.9 Å². The third kappa shape index (κ3) is 8.87. The molecule has 58 heavy (non-hydrogen) atoms. The molecule has 0 aliphatic carbocycles. The molecule has 18 nitrogen and oxygen atoms in total. The zero-order valence-electron chi connectivity index (χ0n) is 29.1. The number of hydrogen-bond acceptors (Lipinski definition) is 15. The van der Waals surface area contributed by atoms with Gasteiger partial charge in [0.15, 0.2) is 5.84 Å². The van der Waals surface area contributed by atoms with Crippen LogP contribution in [-0.4, -0.2) is 60.5 Å². The predicted molar refractivity (Wildman–Crippen MR) is 222 cm³/mol. The van der Waals surface area contributed by atoms with E-state index in [1.54, 1.807) is 87.4 Å². The van der Waals surface area contributed by atoms with Gasteiger partial charge < -0.3 is 0 Å². The van der Waals surface area contributed by atoms with Crippen LogP contribution in [0.15, 0.2) is 112 Å². The van der Waals surface area contributed by atoms with Gasteiger partial charge in [-0.15, -0.1) is 46.1 Å². The van der Waals surface area contributed by atoms with Crippen molar-refractivity contribution in [3.63, 3.8) is 0 Å². The molecule has 2 N–H and O–H groups in total. The molecule has 0 saturated carbocycles. The number of halogens is 4. The van der Waals surface area contributed by atoms with Crippen LogP contribution in [-0.2, 0) is 13.1 Å². The van der Waals surface area contributed by atoms with Gasteiger partial charge in [-0.3, -0.25) is 25.2 Å². The summed E-state index contributed by atoms with van der Waals surface area (Å²) < 4.78 is 3.14. The highest BCUT2D eigenvalue weighted by molar-refractivity contribution is 7.80. The average molecular weight is 899 g/mol. The van der Waals surface area contributed by atoms with E-state index in [4.69, 9.17) is 46.4 Å². The number of hydrogen-bond donors (Lipinski definition) is 4. The summed E-state index contributed by atoms with van der Waals surface area (Å²) in [6, 6.07) is 22.6. The van der Waals surface area contributed by atoms with Crippen LogP contribution in [0.1, 0.15) is 16.7 Å². The summed E-state index contributed by atoms with van der Waals surface area (Å²) in [5, 5.41) is 51.6. The first-order valence-electron chi connectivity index (χ1n) is 16.4. The summed E-state index contributed by atoms with van der Waals surface area (Å²) in [6.45, 7) is 0.716. The molecule has 294 valence electrons. The lowest BCUT2D eigenvalue weighted by Gasteiger charge is -2.18. The number of aromatic nitrogens is 8. The van der Waals surface area contributed by atoms with E-state index >= 15 is 0 Å². The fourth-order valence-corrected chi connectivity index (χ4v) is 7.05. The van der Waals surface area contributed by atoms with E-state index in [1.807, 2.05) is 0 Å². The van der Waals surface area contributed by atoms with Crippen LogP contribution in [0, 0.1) is 20.2 Å². The molecule has 8 rings (SSSR count). The Morgan fingerprint density at radius 2 is 1.17 bits per heavy atom. The van der Waals surface area contributed by atoms with Gasteiger partial charge in [-0.25, -0.2) is 14.9 Å². The van der Waals surface area contributed by atoms with Crippen LogP contribution in [0.25, 0.3) is 22.8 Å². The molecule has 3 aromatic heterocycles. The number of non-ortho nitro benzene ring substituents is 2. The first kappa shape index (κ1) is 40.5. The molecular formula is C34H24Cl4N14O4S2. The number of thiol groups is 2. The minimum absolute atomic E-state index is 0.0222. The van der Waals surface area contributed by atoms with E-state index in [0.717, 1.165) is 11.1 Å². The molecule has 0 fully saturated rings. The van der Waals surface area contributed by atoms with Crippen molar-refractivity contribution in [2.75, 3.05) is 0 Å². The SMILES string of the molecule is O=[N+]([O-])c1ccc(CN2NNN=C2c2cnn(-c3ccc(Cl)cc3Cl)c2S)cc1.O=[N+]([O-])c1ccc(Cn2nnc(-c3cnn(-c4ccc(Cl)cc4Cl)c3S)n2)cc1. The number of tetrazole rings is 1. The minimum Gasteiger partial charge on any atom is -0.266 e. The summed E-state index contributed by atoms with van der Waals surface area (Å²) in [4.78, 5) is 22.1. The van der Waals surface area contributed by atoms with Crippen molar-refractivity contribution in [1.29, 1.82) is 0 Å². The maximum atomic E-state index is 10.8. The Bertz CT molecular complexity index is 2690. The number of nitro benzene ring substituents is 2. The highest BCUT2D eigenvalue weighted by Gasteiger charge is 2.25. The summed E-state index contributed by atoms with van der Waals surface area (Å²) in [6.07, 6.45) is 3.20. The zero-order valence-corrected chi connectivity index (χ0v) is 33.9. The molecule has 0 unspecified atom stereocenters. The van der Waals surface area contributed by atoms with Gasteiger partial charge in [0.2, 0.25) is 5.82 Å². The van der Waals surface area contributed by atoms with E-state index in [-0.39, 0.29) is 11.4 Å². The van der Waals surface area contributed by atoms with Crippen LogP contribution >= 0.6 is 71.7 Å². The smallest absolute Gasteiger partial charge is 0.266 e. The van der Waals surface area contributed by atoms with E-state index in [1.165, 1.54) is 29.1 Å². The van der Waals surface area contributed by atoms with Crippen molar-refractivity contribution in [1.82, 2.24) is 55.8 Å². The number of rotatable bonds is 10. The molecule has 1 aliphatic rings. The highest BCUT2D eigenvalue weighted by atomic mass is 35.5. The third-order valence-corrected chi connectivity index (χ3v) is 10.2. The molecule has 0 amide bonds. The van der Waals surface area contributed by atoms with Gasteiger partial charge >= 0.3 is 0 Å². The lowest BCUT2D eigenvalue weighted by molar-refractivity contribution is -0.385. The van der Waals surface area contributed by atoms with Gasteiger partial charge in [-0.05, 0) is 52.7 Å². The van der Waals surface area contributed by atoms with E-state index in [2.05, 4.69) is 67.0 Å². The number of hydrazine groups is 2. The first-order valence-corrected chi connectivity index (χ1v) is 18.8. The highest BCUT2D eigenvalue weighted by Crippen LogP contribution is 2.31. The summed E-state index contributed by atoms with van der Waals surface area (Å²) in [5.41, 5.74) is 9.83. The third-order valence-electron chi connectivity index (χ3n) is 8.26. The van der Waals surface area contributed by atoms with Gasteiger partial charge in [0.1, 0.15) is 10.1 Å². The topological polar surface area (TPSA) is 205 Å². The molecule has 1 aliphatic heterocycles. The van der Waals surface area contributed by atoms with Crippen molar-refractivity contribution in [2.45, 2.75) is 23.1 Å². The maximum Gasteiger partial charge on any atom is 0.269 e. The number of hydrazone groups is 1. The Kier molecular flexibility index (Phi) is 12.1. The van der Waals surface area contributed by atoms with E-state index < -0.39 is 9.85 Å². The Morgan fingerprint density at radius 3 is 1.69 bits per heavy atom. The number of nitro groups is 2. The van der Waals surface area contributed by atoms with Gasteiger partial charge in [0, 0.05) is 34.3 Å². The van der Waals surface area contributed by atoms with Gasteiger partial charge in [0.25, 0.3) is 11.4 Å². The molecule has 4 heterocycles. The van der Waals surface area contributed by atoms with Gasteiger partial charge in [-0.1, -0.05) is 70.7 Å². The molecule has 0 bridgehead atoms. The lowest BCUT2D eigenvalue weighted by Crippen LogP contribution is -2.40. The largest absolute Gasteiger partial charge is 0.269 e. The zero-order chi connectivity index (χ0) is 41.1. The summed E-state index contributed by atoms with van der Waals surface area (Å²) >= 11 is 33.6. The van der Waals surface area contributed by atoms with E-state index in [9.17, 15) is 20.2 Å². The second kappa shape index (κ2) is 17.4. The standard InChI is InChI=1S/C17H13Cl2N7O2S.C17H11Cl2N7O2S/c18-11-3-6-15(14(19)7-11)25-17(29)13(8-20-25)16-21-22-23-24(16)9-10-1-4-12(5-2-10)26(27)28;18-11-3-6-15(14(19)7-11)25-17(29)13(8-20-25)16-21-23-24(22-16)9-10-1-4-12(5-2-10)26(27)28/h1-8,22-23,29H,9H2;1-8,29H,9H2. The quantitative estimate of drug-likeness (QED) is 0.0594. The first-order chi connectivity index (χ1) is 27.9. The van der Waals surface area contributed by atoms with E-state index in [0.29, 0.717) is 77.4 Å². The summed E-state index contributed by atoms with van der Waals surface area (Å²) in [5.74, 6) is 0.901. The molecule has 0 spiro atoms. The molecule has 4 aromatic carbocycles. The van der Waals surface area contributed by atoms with Crippen LogP contribution in [0.5, 0.6) is 0 Å². The van der Waals surface area contributed by atoms with Crippen LogP contribution in [0.4, 0.5) is 11.4 Å². The fourth-order valence-electron chi connectivity index (χ4n) is 5.44. The second-order valence-electron chi connectivity index (χ2n) is 12.0. The van der Waals surface area contributed by atoms with Crippen molar-refractivity contribution in [3.05, 3.63) is 154 Å². The molecule has 7 aromatic rings. The monoisotopic (exact) mass is 896 g/mol. The van der Waals surface area contributed by atoms with Crippen LogP contribution in [0.2, 0.25) is 20.1 Å². The van der Waals surface area contributed by atoms with Crippen LogP contribution in [0.3, 0.4) is 0 Å². The molecule has 0 atom stereocenters. The Labute approximate surface area is 358 Å². The molecule has 0 saturated heterocycles. The van der Waals surface area contributed by atoms with Crippen molar-refractivity contribution in [2.24, 2.45) is 5.10 Å². The molecule has 0 radical (unpaired) electrons. The van der Waals surface area contributed by atoms with Crippen molar-refractivity contribution < 1.29 is 9.85 Å². The van der Waals surface area contributed by atoms with Crippen molar-refractivity contribution >= 4 is 88.9 Å². The number of benzene rings is 4. The average Bonchev–Trinajstić information content (AvgIpc) is 4.01. The lowest BCUT2D eigenvalue weighted by atomic mass is 10.2. The molecule has 24 heteroatoms. The summed E-state index contributed by atoms with van der Waals surface area (Å²) in [7, 11) is 0. The number of amidine groups is 1. The normalized spacial score (nSPS) is 12.2. The number of nitrogens with zero attached hydrogens (tertiary/aromatic N) is 12. The predicted octanol–water partition coefficient (Wildman–Crippen LogP) is 7.64. The maximum absolute atomic E-state index is 10.8. The Morgan fingerprint density at radius 1 is 0.672 bits per heavy atom. The Balaban J connectivity index is 0.000000177. The van der Waals surface area contributed by atoms with Crippen molar-refractivity contribution in [3.8, 4) is 22.8 Å². The second-order valence-corrected chi connectivity index (χ2v) is 14.5. The minimum atomic E-state index is -0.450. The Hall–Kier alpha value is -5.74. The van der Waals surface area contributed by atoms with Gasteiger partial charge in [-0.2, -0.15) is 15.0 Å².